The van der Waals surface area contributed by atoms with Crippen molar-refractivity contribution < 1.29 is 22.3 Å². The molecule has 3 rings (SSSR count). The Bertz CT molecular complexity index is 869. The Morgan fingerprint density at radius 3 is 2.74 bits per heavy atom. The van der Waals surface area contributed by atoms with Crippen molar-refractivity contribution in [3.8, 4) is 0 Å². The van der Waals surface area contributed by atoms with Crippen molar-refractivity contribution in [3.05, 3.63) is 40.7 Å². The topological polar surface area (TPSA) is 72.5 Å². The summed E-state index contributed by atoms with van der Waals surface area (Å²) in [5.41, 5.74) is 0.224. The highest BCUT2D eigenvalue weighted by atomic mass is 35.5. The van der Waals surface area contributed by atoms with Crippen LogP contribution in [0.25, 0.3) is 0 Å². The van der Waals surface area contributed by atoms with Crippen LogP contribution in [0.4, 0.5) is 10.1 Å². The lowest BCUT2D eigenvalue weighted by Gasteiger charge is -2.33. The van der Waals surface area contributed by atoms with Gasteiger partial charge in [0.25, 0.3) is 0 Å². The van der Waals surface area contributed by atoms with Crippen molar-refractivity contribution in [2.45, 2.75) is 29.1 Å². The van der Waals surface area contributed by atoms with Gasteiger partial charge in [0.15, 0.2) is 0 Å². The summed E-state index contributed by atoms with van der Waals surface area (Å²) in [6.07, 6.45) is 2.68. The summed E-state index contributed by atoms with van der Waals surface area (Å²) >= 11 is 9.39. The number of anilines is 1. The van der Waals surface area contributed by atoms with E-state index in [0.29, 0.717) is 12.8 Å². The van der Waals surface area contributed by atoms with Crippen molar-refractivity contribution in [1.82, 2.24) is 0 Å². The first-order valence-electron chi connectivity index (χ1n) is 8.41. The zero-order valence-corrected chi connectivity index (χ0v) is 17.7. The lowest BCUT2D eigenvalue weighted by molar-refractivity contribution is -0.138. The maximum absolute atomic E-state index is 13.2. The number of ether oxygens (including phenoxy) is 1. The van der Waals surface area contributed by atoms with E-state index >= 15 is 0 Å². The van der Waals surface area contributed by atoms with Gasteiger partial charge >= 0.3 is 5.97 Å². The van der Waals surface area contributed by atoms with Crippen molar-refractivity contribution in [2.75, 3.05) is 22.8 Å². The van der Waals surface area contributed by atoms with Crippen molar-refractivity contribution in [2.24, 2.45) is 0 Å². The molecule has 1 unspecified atom stereocenters. The van der Waals surface area contributed by atoms with Crippen LogP contribution in [-0.4, -0.2) is 41.8 Å². The number of halogens is 2. The van der Waals surface area contributed by atoms with Gasteiger partial charge in [0.05, 0.1) is 27.0 Å². The van der Waals surface area contributed by atoms with Gasteiger partial charge in [-0.3, -0.25) is 4.72 Å². The minimum atomic E-state index is -3.97. The molecule has 1 saturated heterocycles. The Kier molecular flexibility index (Phi) is 6.34. The number of thioether (sulfide) groups is 2. The number of hydrogen-bond donors (Lipinski definition) is 1. The molecule has 2 aliphatic rings. The van der Waals surface area contributed by atoms with E-state index in [2.05, 4.69) is 4.72 Å². The van der Waals surface area contributed by atoms with E-state index < -0.39 is 27.1 Å². The third-order valence-corrected chi connectivity index (χ3v) is 9.78. The van der Waals surface area contributed by atoms with Crippen molar-refractivity contribution in [1.29, 1.82) is 0 Å². The zero-order valence-electron chi connectivity index (χ0n) is 14.5. The molecule has 0 saturated carbocycles. The predicted octanol–water partition coefficient (Wildman–Crippen LogP) is 4.05. The van der Waals surface area contributed by atoms with Gasteiger partial charge in [-0.2, -0.15) is 0 Å². The molecule has 10 heteroatoms. The Morgan fingerprint density at radius 2 is 2.11 bits per heavy atom. The molecule has 1 heterocycles. The monoisotopic (exact) mass is 451 g/mol. The molecular weight excluding hydrogens is 433 g/mol. The molecule has 1 aliphatic carbocycles. The fourth-order valence-electron chi connectivity index (χ4n) is 3.11. The van der Waals surface area contributed by atoms with Gasteiger partial charge in [-0.25, -0.2) is 17.6 Å². The van der Waals surface area contributed by atoms with E-state index in [0.717, 1.165) is 23.6 Å². The van der Waals surface area contributed by atoms with Crippen LogP contribution in [0.15, 0.2) is 29.8 Å². The zero-order chi connectivity index (χ0) is 19.7. The molecule has 1 atom stereocenters. The standard InChI is InChI=1S/C17H19ClFNO4S3/c1-2-24-16(21)12-10-17(25-7-8-26-17)6-5-15(12)27(22,23)20-14-4-3-11(19)9-13(14)18/h3-4,9-10,15,20H,2,5-8H2,1H3. The first-order valence-corrected chi connectivity index (χ1v) is 12.3. The van der Waals surface area contributed by atoms with Crippen LogP contribution in [0.2, 0.25) is 5.02 Å². The average molecular weight is 452 g/mol. The Morgan fingerprint density at radius 1 is 1.41 bits per heavy atom. The minimum Gasteiger partial charge on any atom is -0.463 e. The number of carbonyl (C=O) groups excluding carboxylic acids is 1. The van der Waals surface area contributed by atoms with Crippen LogP contribution in [-0.2, 0) is 19.6 Å². The summed E-state index contributed by atoms with van der Waals surface area (Å²) in [5, 5.41) is -1.10. The third kappa shape index (κ3) is 4.58. The molecule has 1 aromatic rings. The van der Waals surface area contributed by atoms with E-state index in [1.165, 1.54) is 6.07 Å². The van der Waals surface area contributed by atoms with Gasteiger partial charge in [-0.15, -0.1) is 23.5 Å². The van der Waals surface area contributed by atoms with Gasteiger partial charge in [-0.05, 0) is 44.0 Å². The summed E-state index contributed by atoms with van der Waals surface area (Å²) < 4.78 is 46.4. The molecule has 1 aromatic carbocycles. The Labute approximate surface area is 171 Å². The highest BCUT2D eigenvalue weighted by Gasteiger charge is 2.45. The van der Waals surface area contributed by atoms with Crippen LogP contribution in [0.3, 0.4) is 0 Å². The van der Waals surface area contributed by atoms with Crippen LogP contribution in [0.5, 0.6) is 0 Å². The second kappa shape index (κ2) is 8.23. The van der Waals surface area contributed by atoms with Gasteiger partial charge in [0, 0.05) is 11.5 Å². The van der Waals surface area contributed by atoms with Crippen LogP contribution in [0, 0.1) is 5.82 Å². The summed E-state index contributed by atoms with van der Waals surface area (Å²) in [5.74, 6) is 0.728. The lowest BCUT2D eigenvalue weighted by Crippen LogP contribution is -2.39. The van der Waals surface area contributed by atoms with E-state index in [4.69, 9.17) is 16.3 Å². The van der Waals surface area contributed by atoms with Crippen LogP contribution < -0.4 is 4.72 Å². The van der Waals surface area contributed by atoms with Crippen molar-refractivity contribution in [3.63, 3.8) is 0 Å². The highest BCUT2D eigenvalue weighted by Crippen LogP contribution is 2.52. The van der Waals surface area contributed by atoms with Crippen LogP contribution >= 0.6 is 35.1 Å². The van der Waals surface area contributed by atoms with E-state index in [1.54, 1.807) is 36.5 Å². The number of benzene rings is 1. The molecule has 0 aromatic heterocycles. The molecule has 1 N–H and O–H groups in total. The molecule has 1 spiro atoms. The van der Waals surface area contributed by atoms with E-state index in [-0.39, 0.29) is 27.0 Å². The first-order chi connectivity index (χ1) is 12.8. The van der Waals surface area contributed by atoms with Gasteiger partial charge in [-0.1, -0.05) is 11.6 Å². The first kappa shape index (κ1) is 20.8. The molecule has 1 aliphatic heterocycles. The number of esters is 1. The fourth-order valence-corrected chi connectivity index (χ4v) is 8.07. The van der Waals surface area contributed by atoms with E-state index in [1.807, 2.05) is 0 Å². The molecular formula is C17H19ClFNO4S3. The summed E-state index contributed by atoms with van der Waals surface area (Å²) in [6, 6.07) is 3.41. The SMILES string of the molecule is CCOC(=O)C1=CC2(CCC1S(=O)(=O)Nc1ccc(F)cc1Cl)SCCS2. The Balaban J connectivity index is 1.93. The lowest BCUT2D eigenvalue weighted by atomic mass is 9.98. The number of carbonyl (C=O) groups is 1. The van der Waals surface area contributed by atoms with Crippen LogP contribution in [0.1, 0.15) is 19.8 Å². The van der Waals surface area contributed by atoms with Gasteiger partial charge in [0.1, 0.15) is 11.1 Å². The Hall–Kier alpha value is -0.900. The molecule has 148 valence electrons. The highest BCUT2D eigenvalue weighted by molar-refractivity contribution is 8.21. The molecule has 5 nitrogen and oxygen atoms in total. The normalized spacial score (nSPS) is 21.7. The molecule has 0 radical (unpaired) electrons. The summed E-state index contributed by atoms with van der Waals surface area (Å²) in [4.78, 5) is 12.5. The second-order valence-corrected chi connectivity index (χ2v) is 11.5. The summed E-state index contributed by atoms with van der Waals surface area (Å²) in [7, 11) is -3.97. The maximum Gasteiger partial charge on any atom is 0.335 e. The quantitative estimate of drug-likeness (QED) is 0.681. The van der Waals surface area contributed by atoms with Gasteiger partial charge in [0.2, 0.25) is 10.0 Å². The average Bonchev–Trinajstić information content (AvgIpc) is 3.05. The fraction of sp³-hybridized carbons (Fsp3) is 0.471. The van der Waals surface area contributed by atoms with Crippen molar-refractivity contribution >= 4 is 56.8 Å². The maximum atomic E-state index is 13.2. The predicted molar refractivity (Wildman–Crippen MR) is 109 cm³/mol. The molecule has 27 heavy (non-hydrogen) atoms. The molecule has 0 bridgehead atoms. The number of hydrogen-bond acceptors (Lipinski definition) is 6. The summed E-state index contributed by atoms with van der Waals surface area (Å²) in [6.45, 7) is 1.84. The molecule has 1 fully saturated rings. The second-order valence-electron chi connectivity index (χ2n) is 6.13. The van der Waals surface area contributed by atoms with Gasteiger partial charge < -0.3 is 4.74 Å². The largest absolute Gasteiger partial charge is 0.463 e. The minimum absolute atomic E-state index is 0.0468. The smallest absolute Gasteiger partial charge is 0.335 e. The third-order valence-electron chi connectivity index (χ3n) is 4.32. The number of sulfonamides is 1. The number of rotatable bonds is 5. The van der Waals surface area contributed by atoms with E-state index in [9.17, 15) is 17.6 Å². The number of nitrogens with one attached hydrogen (secondary N) is 1. The molecule has 0 amide bonds.